The van der Waals surface area contributed by atoms with E-state index in [1.165, 1.54) is 70.8 Å². The van der Waals surface area contributed by atoms with Crippen molar-refractivity contribution in [2.24, 2.45) is 0 Å². The van der Waals surface area contributed by atoms with Gasteiger partial charge >= 0.3 is 0 Å². The van der Waals surface area contributed by atoms with Gasteiger partial charge in [0.05, 0.1) is 32.5 Å². The number of hydrogen-bond donors (Lipinski definition) is 0. The summed E-state index contributed by atoms with van der Waals surface area (Å²) >= 11 is 1.72. The first kappa shape index (κ1) is 24.2. The highest BCUT2D eigenvalue weighted by atomic mass is 32.1. The Kier molecular flexibility index (Phi) is 6.24. The molecule has 0 amide bonds. The minimum atomic E-state index is 0.589. The molecule has 5 heteroatoms. The molecule has 1 aliphatic rings. The minimum absolute atomic E-state index is 0.589. The summed E-state index contributed by atoms with van der Waals surface area (Å²) in [6.07, 6.45) is 10.3. The number of aromatic nitrogens is 4. The number of hydrogen-bond acceptors (Lipinski definition) is 4. The molecule has 0 atom stereocenters. The van der Waals surface area contributed by atoms with Crippen LogP contribution in [-0.2, 0) is 6.54 Å². The van der Waals surface area contributed by atoms with E-state index in [4.69, 9.17) is 4.98 Å². The van der Waals surface area contributed by atoms with E-state index in [1.807, 2.05) is 12.4 Å². The third kappa shape index (κ3) is 4.45. The van der Waals surface area contributed by atoms with Gasteiger partial charge in [0.25, 0.3) is 0 Å². The number of fused-ring (bicyclic) bond motifs is 2. The van der Waals surface area contributed by atoms with Crippen molar-refractivity contribution < 1.29 is 0 Å². The normalized spacial score (nSPS) is 14.4. The first-order valence-corrected chi connectivity index (χ1v) is 14.8. The maximum absolute atomic E-state index is 5.06. The van der Waals surface area contributed by atoms with Gasteiger partial charge in [-0.25, -0.2) is 9.97 Å². The van der Waals surface area contributed by atoms with E-state index in [9.17, 15) is 0 Å². The Bertz CT molecular complexity index is 1790. The van der Waals surface area contributed by atoms with Crippen LogP contribution in [0.2, 0.25) is 0 Å². The van der Waals surface area contributed by atoms with Crippen LogP contribution in [0.25, 0.3) is 43.6 Å². The quantitative estimate of drug-likeness (QED) is 0.224. The third-order valence-corrected chi connectivity index (χ3v) is 9.31. The molecule has 4 aromatic heterocycles. The predicted octanol–water partition coefficient (Wildman–Crippen LogP) is 9.09. The van der Waals surface area contributed by atoms with Crippen molar-refractivity contribution in [3.8, 4) is 21.8 Å². The summed E-state index contributed by atoms with van der Waals surface area (Å²) in [4.78, 5) is 15.1. The maximum atomic E-state index is 5.06. The number of benzene rings is 2. The number of para-hydroxylation sites is 1. The Hall–Kier alpha value is -3.83. The summed E-state index contributed by atoms with van der Waals surface area (Å²) < 4.78 is 2.54. The van der Waals surface area contributed by atoms with Crippen molar-refractivity contribution in [3.63, 3.8) is 0 Å². The van der Waals surface area contributed by atoms with Crippen LogP contribution in [0, 0.1) is 13.8 Å². The Balaban J connectivity index is 1.42. The molecular weight excluding hydrogens is 496 g/mol. The lowest BCUT2D eigenvalue weighted by Crippen LogP contribution is -2.08. The van der Waals surface area contributed by atoms with Crippen LogP contribution >= 0.6 is 11.3 Å². The second-order valence-corrected chi connectivity index (χ2v) is 12.0. The van der Waals surface area contributed by atoms with Crippen LogP contribution in [0.15, 0.2) is 79.1 Å². The molecule has 4 nitrogen and oxygen atoms in total. The number of thiazole rings is 1. The predicted molar refractivity (Wildman–Crippen MR) is 162 cm³/mol. The molecule has 0 spiro atoms. The lowest BCUT2D eigenvalue weighted by atomic mass is 9.82. The smallest absolute Gasteiger partial charge is 0.0904 e. The van der Waals surface area contributed by atoms with Crippen molar-refractivity contribution >= 4 is 33.1 Å². The van der Waals surface area contributed by atoms with Gasteiger partial charge in [0.15, 0.2) is 0 Å². The molecule has 1 saturated carbocycles. The minimum Gasteiger partial charge on any atom is -0.336 e. The van der Waals surface area contributed by atoms with Gasteiger partial charge in [-0.15, -0.1) is 11.3 Å². The van der Waals surface area contributed by atoms with E-state index in [1.54, 1.807) is 11.3 Å². The van der Waals surface area contributed by atoms with Crippen molar-refractivity contribution in [1.82, 2.24) is 19.5 Å². The highest BCUT2D eigenvalue weighted by Gasteiger charge is 2.26. The standard InChI is InChI=1S/C34H32N4S/c1-22-34(39-23(2)36-22)30-15-12-26-20-27(13-14-29(26)37-30)33-32(25-8-4-3-5-9-25)28-10-6-7-11-31(28)38(33)21-24-16-18-35-19-17-24/h6-7,10-20,25H,3-5,8-9,21H2,1-2H3. The van der Waals surface area contributed by atoms with Gasteiger partial charge in [0, 0.05) is 35.2 Å². The van der Waals surface area contributed by atoms with Gasteiger partial charge < -0.3 is 4.57 Å². The molecule has 0 unspecified atom stereocenters. The molecule has 0 bridgehead atoms. The van der Waals surface area contributed by atoms with Gasteiger partial charge in [0.2, 0.25) is 0 Å². The van der Waals surface area contributed by atoms with E-state index < -0.39 is 0 Å². The highest BCUT2D eigenvalue weighted by Crippen LogP contribution is 2.45. The van der Waals surface area contributed by atoms with E-state index in [0.717, 1.165) is 33.3 Å². The molecule has 6 aromatic rings. The Labute approximate surface area is 233 Å². The summed E-state index contributed by atoms with van der Waals surface area (Å²) in [7, 11) is 0. The molecule has 2 aromatic carbocycles. The van der Waals surface area contributed by atoms with Gasteiger partial charge in [-0.05, 0) is 85.7 Å². The molecule has 1 fully saturated rings. The average Bonchev–Trinajstić information content (AvgIpc) is 3.49. The molecule has 7 rings (SSSR count). The van der Waals surface area contributed by atoms with Crippen LogP contribution in [0.4, 0.5) is 0 Å². The average molecular weight is 529 g/mol. The zero-order chi connectivity index (χ0) is 26.3. The highest BCUT2D eigenvalue weighted by molar-refractivity contribution is 7.15. The summed E-state index contributed by atoms with van der Waals surface area (Å²) in [5.41, 5.74) is 9.83. The van der Waals surface area contributed by atoms with Crippen LogP contribution in [0.5, 0.6) is 0 Å². The summed E-state index contributed by atoms with van der Waals surface area (Å²) in [5, 5.41) is 3.65. The Morgan fingerprint density at radius 1 is 0.872 bits per heavy atom. The van der Waals surface area contributed by atoms with Crippen molar-refractivity contribution in [1.29, 1.82) is 0 Å². The number of aryl methyl sites for hydroxylation is 2. The van der Waals surface area contributed by atoms with Crippen LogP contribution < -0.4 is 0 Å². The van der Waals surface area contributed by atoms with Gasteiger partial charge in [0.1, 0.15) is 0 Å². The summed E-state index contributed by atoms with van der Waals surface area (Å²) in [6.45, 7) is 4.95. The van der Waals surface area contributed by atoms with Gasteiger partial charge in [-0.2, -0.15) is 0 Å². The van der Waals surface area contributed by atoms with Crippen LogP contribution in [0.3, 0.4) is 0 Å². The van der Waals surface area contributed by atoms with Gasteiger partial charge in [-0.3, -0.25) is 4.98 Å². The topological polar surface area (TPSA) is 43.6 Å². The Morgan fingerprint density at radius 3 is 2.49 bits per heavy atom. The van der Waals surface area contributed by atoms with E-state index in [2.05, 4.69) is 95.1 Å². The largest absolute Gasteiger partial charge is 0.336 e. The zero-order valence-corrected chi connectivity index (χ0v) is 23.3. The van der Waals surface area contributed by atoms with E-state index in [0.29, 0.717) is 5.92 Å². The first-order chi connectivity index (χ1) is 19.2. The van der Waals surface area contributed by atoms with Crippen LogP contribution in [-0.4, -0.2) is 19.5 Å². The number of rotatable bonds is 5. The summed E-state index contributed by atoms with van der Waals surface area (Å²) in [5.74, 6) is 0.589. The fraction of sp³-hybridized carbons (Fsp3) is 0.265. The molecule has 39 heavy (non-hydrogen) atoms. The lowest BCUT2D eigenvalue weighted by molar-refractivity contribution is 0.445. The molecular formula is C34H32N4S. The first-order valence-electron chi connectivity index (χ1n) is 14.0. The maximum Gasteiger partial charge on any atom is 0.0904 e. The molecule has 0 aliphatic heterocycles. The Morgan fingerprint density at radius 2 is 1.69 bits per heavy atom. The van der Waals surface area contributed by atoms with E-state index >= 15 is 0 Å². The molecule has 0 radical (unpaired) electrons. The molecule has 0 saturated heterocycles. The monoisotopic (exact) mass is 528 g/mol. The van der Waals surface area contributed by atoms with Crippen molar-refractivity contribution in [2.75, 3.05) is 0 Å². The fourth-order valence-corrected chi connectivity index (χ4v) is 7.34. The van der Waals surface area contributed by atoms with Crippen LogP contribution in [0.1, 0.15) is 59.9 Å². The number of nitrogens with zero attached hydrogens (tertiary/aromatic N) is 4. The second-order valence-electron chi connectivity index (χ2n) is 10.8. The SMILES string of the molecule is Cc1nc(C)c(-c2ccc3cc(-c4c(C5CCCCC5)c5ccccc5n4Cc4ccncc4)ccc3n2)s1. The van der Waals surface area contributed by atoms with Crippen molar-refractivity contribution in [3.05, 3.63) is 101 Å². The molecule has 0 N–H and O–H groups in total. The lowest BCUT2D eigenvalue weighted by Gasteiger charge is -2.24. The van der Waals surface area contributed by atoms with E-state index in [-0.39, 0.29) is 0 Å². The third-order valence-electron chi connectivity index (χ3n) is 8.21. The fourth-order valence-electron chi connectivity index (χ4n) is 6.45. The molecule has 4 heterocycles. The molecule has 194 valence electrons. The van der Waals surface area contributed by atoms with Gasteiger partial charge in [-0.1, -0.05) is 49.6 Å². The van der Waals surface area contributed by atoms with Crippen molar-refractivity contribution in [2.45, 2.75) is 58.4 Å². The zero-order valence-electron chi connectivity index (χ0n) is 22.5. The second kappa shape index (κ2) is 10.0. The molecule has 1 aliphatic carbocycles. The number of pyridine rings is 2. The summed E-state index contributed by atoms with van der Waals surface area (Å²) in [6, 6.07) is 24.5.